The summed E-state index contributed by atoms with van der Waals surface area (Å²) in [6.45, 7) is 5.90. The van der Waals surface area contributed by atoms with Crippen molar-refractivity contribution in [3.05, 3.63) is 98.3 Å². The molecular formula is C25H24N6O2S2. The van der Waals surface area contributed by atoms with Crippen LogP contribution in [0, 0.1) is 20.8 Å². The van der Waals surface area contributed by atoms with E-state index in [1.807, 2.05) is 50.4 Å². The second-order valence-corrected chi connectivity index (χ2v) is 9.40. The quantitative estimate of drug-likeness (QED) is 0.164. The summed E-state index contributed by atoms with van der Waals surface area (Å²) in [4.78, 5) is 30.3. The van der Waals surface area contributed by atoms with Gasteiger partial charge in [0.05, 0.1) is 17.2 Å². The van der Waals surface area contributed by atoms with Gasteiger partial charge in [0, 0.05) is 5.56 Å². The number of nitrogens with zero attached hydrogens (tertiary/aromatic N) is 3. The lowest BCUT2D eigenvalue weighted by atomic mass is 10.1. The number of aromatic nitrogens is 3. The minimum Gasteiger partial charge on any atom is -0.320 e. The lowest BCUT2D eigenvalue weighted by molar-refractivity contribution is 0.0960. The van der Waals surface area contributed by atoms with Crippen LogP contribution in [0.15, 0.2) is 59.3 Å². The highest BCUT2D eigenvalue weighted by molar-refractivity contribution is 7.80. The van der Waals surface area contributed by atoms with Crippen molar-refractivity contribution in [1.82, 2.24) is 20.6 Å². The number of nitrogens with one attached hydrogen (secondary N) is 3. The minimum absolute atomic E-state index is 0.337. The number of carbonyl (C=O) groups is 2. The molecule has 2 heterocycles. The van der Waals surface area contributed by atoms with E-state index in [0.717, 1.165) is 22.3 Å². The molecule has 178 valence electrons. The third-order valence-corrected chi connectivity index (χ3v) is 7.10. The van der Waals surface area contributed by atoms with E-state index in [4.69, 9.17) is 0 Å². The number of benzene rings is 2. The molecule has 1 unspecified atom stereocenters. The van der Waals surface area contributed by atoms with Crippen LogP contribution in [0.3, 0.4) is 0 Å². The van der Waals surface area contributed by atoms with Crippen LogP contribution in [0.5, 0.6) is 0 Å². The van der Waals surface area contributed by atoms with Crippen LogP contribution in [-0.4, -0.2) is 33.2 Å². The number of aromatic amines is 1. The number of H-pyrrole nitrogens is 1. The van der Waals surface area contributed by atoms with Gasteiger partial charge in [-0.2, -0.15) is 22.8 Å². The van der Waals surface area contributed by atoms with Gasteiger partial charge in [0.15, 0.2) is 5.82 Å². The molecule has 0 radical (unpaired) electrons. The second kappa shape index (κ2) is 10.7. The summed E-state index contributed by atoms with van der Waals surface area (Å²) < 4.78 is 0. The smallest absolute Gasteiger partial charge is 0.283 e. The zero-order chi connectivity index (χ0) is 24.9. The molecule has 3 N–H and O–H groups in total. The minimum atomic E-state index is -0.396. The van der Waals surface area contributed by atoms with Crippen molar-refractivity contribution in [2.45, 2.75) is 26.0 Å². The van der Waals surface area contributed by atoms with Gasteiger partial charge in [0.1, 0.15) is 11.2 Å². The van der Waals surface area contributed by atoms with Gasteiger partial charge >= 0.3 is 0 Å². The van der Waals surface area contributed by atoms with Gasteiger partial charge in [-0.1, -0.05) is 30.3 Å². The van der Waals surface area contributed by atoms with Gasteiger partial charge < -0.3 is 5.32 Å². The van der Waals surface area contributed by atoms with Crippen molar-refractivity contribution in [1.29, 1.82) is 0 Å². The Morgan fingerprint density at radius 2 is 1.91 bits per heavy atom. The van der Waals surface area contributed by atoms with Crippen LogP contribution in [0.25, 0.3) is 0 Å². The molecule has 2 aromatic carbocycles. The van der Waals surface area contributed by atoms with Crippen LogP contribution < -0.4 is 10.7 Å². The maximum Gasteiger partial charge on any atom is 0.283 e. The summed E-state index contributed by atoms with van der Waals surface area (Å²) in [5.41, 5.74) is 8.23. The van der Waals surface area contributed by atoms with Crippen molar-refractivity contribution in [2.75, 3.05) is 5.32 Å². The zero-order valence-corrected chi connectivity index (χ0v) is 21.1. The van der Waals surface area contributed by atoms with Gasteiger partial charge in [-0.05, 0) is 66.1 Å². The lowest BCUT2D eigenvalue weighted by Crippen LogP contribution is -2.20. The highest BCUT2D eigenvalue weighted by Crippen LogP contribution is 2.29. The molecular weight excluding hydrogens is 480 g/mol. The molecule has 0 spiro atoms. The molecule has 0 bridgehead atoms. The van der Waals surface area contributed by atoms with Crippen molar-refractivity contribution in [3.63, 3.8) is 0 Å². The Labute approximate surface area is 212 Å². The molecule has 4 aromatic rings. The average molecular weight is 505 g/mol. The van der Waals surface area contributed by atoms with E-state index in [1.54, 1.807) is 24.4 Å². The molecule has 0 aliphatic carbocycles. The number of aryl methyl sites for hydroxylation is 3. The van der Waals surface area contributed by atoms with E-state index >= 15 is 0 Å². The Hall–Kier alpha value is -3.76. The van der Waals surface area contributed by atoms with Crippen molar-refractivity contribution in [2.24, 2.45) is 5.10 Å². The molecule has 0 aliphatic heterocycles. The molecule has 2 aromatic heterocycles. The number of rotatable bonds is 7. The van der Waals surface area contributed by atoms with Crippen LogP contribution in [0.4, 0.5) is 5.69 Å². The summed E-state index contributed by atoms with van der Waals surface area (Å²) >= 11 is 5.81. The number of carbonyl (C=O) groups excluding carboxylic acids is 2. The number of hydrogen-bond acceptors (Lipinski definition) is 7. The van der Waals surface area contributed by atoms with Gasteiger partial charge in [-0.3, -0.25) is 14.7 Å². The molecule has 1 atom stereocenters. The average Bonchev–Trinajstić information content (AvgIpc) is 3.51. The monoisotopic (exact) mass is 504 g/mol. The standard InChI is InChI=1S/C25H24N6O2S2/c1-14-7-8-17(9-15(14)2)11-27-31-25(33)22-20(16(3)12-35-22)29-24(32)19-6-4-5-18(10-19)21(34)23-26-13-28-30-23/h4-13,21,34H,1-3H3,(H,29,32)(H,31,33)(H,26,28,30)/b27-11+. The summed E-state index contributed by atoms with van der Waals surface area (Å²) in [5, 5.41) is 15.1. The number of hydrazone groups is 1. The molecule has 0 saturated heterocycles. The first-order chi connectivity index (χ1) is 16.8. The molecule has 0 fully saturated rings. The molecule has 10 heteroatoms. The van der Waals surface area contributed by atoms with E-state index in [2.05, 4.69) is 43.7 Å². The Bertz CT molecular complexity index is 1390. The van der Waals surface area contributed by atoms with Crippen LogP contribution in [-0.2, 0) is 0 Å². The molecule has 0 aliphatic rings. The molecule has 0 saturated carbocycles. The normalized spacial score (nSPS) is 12.0. The molecule has 8 nitrogen and oxygen atoms in total. The maximum absolute atomic E-state index is 13.0. The summed E-state index contributed by atoms with van der Waals surface area (Å²) in [7, 11) is 0. The van der Waals surface area contributed by atoms with Crippen LogP contribution >= 0.6 is 24.0 Å². The largest absolute Gasteiger partial charge is 0.320 e. The number of thiol groups is 1. The highest BCUT2D eigenvalue weighted by Gasteiger charge is 2.20. The van der Waals surface area contributed by atoms with Crippen molar-refractivity contribution >= 4 is 47.7 Å². The summed E-state index contributed by atoms with van der Waals surface area (Å²) in [5.74, 6) is -0.219. The zero-order valence-electron chi connectivity index (χ0n) is 19.4. The van der Waals surface area contributed by atoms with E-state index in [9.17, 15) is 9.59 Å². The SMILES string of the molecule is Cc1ccc(/C=N/NC(=O)c2scc(C)c2NC(=O)c2cccc(C(S)c3nc[nH]n3)c2)cc1C. The van der Waals surface area contributed by atoms with Crippen molar-refractivity contribution in [3.8, 4) is 0 Å². The first-order valence-electron chi connectivity index (χ1n) is 10.8. The highest BCUT2D eigenvalue weighted by atomic mass is 32.1. The number of amides is 2. The number of thiophene rings is 1. The third kappa shape index (κ3) is 5.67. The number of hydrogen-bond donors (Lipinski definition) is 4. The Balaban J connectivity index is 1.47. The predicted molar refractivity (Wildman–Crippen MR) is 142 cm³/mol. The molecule has 4 rings (SSSR count). The number of anilines is 1. The van der Waals surface area contributed by atoms with Crippen LogP contribution in [0.2, 0.25) is 0 Å². The second-order valence-electron chi connectivity index (χ2n) is 8.01. The first kappa shape index (κ1) is 24.4. The fraction of sp³-hybridized carbons (Fsp3) is 0.160. The van der Waals surface area contributed by atoms with E-state index in [1.165, 1.54) is 23.2 Å². The lowest BCUT2D eigenvalue weighted by Gasteiger charge is -2.11. The summed E-state index contributed by atoms with van der Waals surface area (Å²) in [6, 6.07) is 13.0. The fourth-order valence-corrected chi connectivity index (χ4v) is 4.54. The van der Waals surface area contributed by atoms with E-state index in [0.29, 0.717) is 22.0 Å². The topological polar surface area (TPSA) is 112 Å². The molecule has 35 heavy (non-hydrogen) atoms. The van der Waals surface area contributed by atoms with Gasteiger partial charge in [-0.15, -0.1) is 11.3 Å². The van der Waals surface area contributed by atoms with Gasteiger partial charge in [-0.25, -0.2) is 10.4 Å². The first-order valence-corrected chi connectivity index (χ1v) is 12.2. The Morgan fingerprint density at radius 1 is 1.09 bits per heavy atom. The van der Waals surface area contributed by atoms with Crippen LogP contribution in [0.1, 0.15) is 58.9 Å². The Kier molecular flexibility index (Phi) is 7.42. The molecule has 2 amide bonds. The van der Waals surface area contributed by atoms with Crippen molar-refractivity contribution < 1.29 is 9.59 Å². The van der Waals surface area contributed by atoms with E-state index in [-0.39, 0.29) is 11.2 Å². The van der Waals surface area contributed by atoms with E-state index < -0.39 is 5.91 Å². The van der Waals surface area contributed by atoms with Gasteiger partial charge in [0.25, 0.3) is 11.8 Å². The fourth-order valence-electron chi connectivity index (χ4n) is 3.36. The Morgan fingerprint density at radius 3 is 2.66 bits per heavy atom. The van der Waals surface area contributed by atoms with Gasteiger partial charge in [0.2, 0.25) is 0 Å². The maximum atomic E-state index is 13.0. The summed E-state index contributed by atoms with van der Waals surface area (Å²) in [6.07, 6.45) is 3.07. The third-order valence-electron chi connectivity index (χ3n) is 5.47. The predicted octanol–water partition coefficient (Wildman–Crippen LogP) is 4.83.